The highest BCUT2D eigenvalue weighted by atomic mass is 19.3. The molecule has 0 spiro atoms. The molecular formula is C16H21F2N3O3. The van der Waals surface area contributed by atoms with Crippen molar-refractivity contribution >= 4 is 0 Å². The molecule has 0 unspecified atom stereocenters. The van der Waals surface area contributed by atoms with Gasteiger partial charge in [-0.15, -0.1) is 0 Å². The predicted molar refractivity (Wildman–Crippen MR) is 84.2 cm³/mol. The van der Waals surface area contributed by atoms with Gasteiger partial charge in [0.2, 0.25) is 11.7 Å². The molecule has 0 radical (unpaired) electrons. The van der Waals surface area contributed by atoms with Gasteiger partial charge in [0.1, 0.15) is 0 Å². The van der Waals surface area contributed by atoms with E-state index in [0.29, 0.717) is 23.8 Å². The van der Waals surface area contributed by atoms with Gasteiger partial charge < -0.3 is 14.0 Å². The lowest BCUT2D eigenvalue weighted by Crippen LogP contribution is -2.19. The molecule has 132 valence electrons. The number of methoxy groups -OCH3 is 1. The normalized spacial score (nSPS) is 11.3. The summed E-state index contributed by atoms with van der Waals surface area (Å²) in [4.78, 5) is 6.43. The van der Waals surface area contributed by atoms with E-state index in [1.807, 2.05) is 7.05 Å². The van der Waals surface area contributed by atoms with Crippen molar-refractivity contribution in [2.45, 2.75) is 32.9 Å². The summed E-state index contributed by atoms with van der Waals surface area (Å²) in [6, 6.07) is 4.51. The van der Waals surface area contributed by atoms with Crippen LogP contribution in [-0.4, -0.2) is 42.4 Å². The van der Waals surface area contributed by atoms with Crippen LogP contribution < -0.4 is 9.47 Å². The number of nitrogens with zero attached hydrogens (tertiary/aromatic N) is 3. The summed E-state index contributed by atoms with van der Waals surface area (Å²) < 4.78 is 39.4. The van der Waals surface area contributed by atoms with Crippen LogP contribution in [0.5, 0.6) is 11.5 Å². The Balaban J connectivity index is 2.11. The smallest absolute Gasteiger partial charge is 0.387 e. The zero-order valence-electron chi connectivity index (χ0n) is 14.0. The number of rotatable bonds is 9. The van der Waals surface area contributed by atoms with Gasteiger partial charge in [-0.3, -0.25) is 4.90 Å². The monoisotopic (exact) mass is 341 g/mol. The van der Waals surface area contributed by atoms with Crippen LogP contribution in [0.15, 0.2) is 22.7 Å². The van der Waals surface area contributed by atoms with Crippen molar-refractivity contribution in [2.24, 2.45) is 0 Å². The van der Waals surface area contributed by atoms with Crippen molar-refractivity contribution in [3.8, 4) is 22.9 Å². The molecule has 2 rings (SSSR count). The molecule has 0 saturated heterocycles. The minimum absolute atomic E-state index is 0.0423. The van der Waals surface area contributed by atoms with Gasteiger partial charge in [0.05, 0.1) is 13.7 Å². The van der Waals surface area contributed by atoms with Crippen molar-refractivity contribution in [1.82, 2.24) is 15.0 Å². The number of hydrogen-bond acceptors (Lipinski definition) is 6. The van der Waals surface area contributed by atoms with E-state index in [4.69, 9.17) is 9.26 Å². The molecule has 1 aromatic heterocycles. The SMILES string of the molecule is CCCCN(C)Cc1nc(-c2ccc(OC(F)F)c(OC)c2)no1. The Morgan fingerprint density at radius 1 is 1.29 bits per heavy atom. The molecule has 0 bridgehead atoms. The van der Waals surface area contributed by atoms with E-state index in [1.54, 1.807) is 6.07 Å². The molecule has 0 atom stereocenters. The Morgan fingerprint density at radius 3 is 2.75 bits per heavy atom. The van der Waals surface area contributed by atoms with Crippen LogP contribution in [0.25, 0.3) is 11.4 Å². The topological polar surface area (TPSA) is 60.6 Å². The van der Waals surface area contributed by atoms with Gasteiger partial charge >= 0.3 is 6.61 Å². The van der Waals surface area contributed by atoms with Crippen LogP contribution in [0.1, 0.15) is 25.7 Å². The molecule has 8 heteroatoms. The largest absolute Gasteiger partial charge is 0.493 e. The fourth-order valence-corrected chi connectivity index (χ4v) is 2.17. The first kappa shape index (κ1) is 18.1. The molecule has 0 saturated carbocycles. The number of ether oxygens (including phenoxy) is 2. The second-order valence-corrected chi connectivity index (χ2v) is 5.35. The van der Waals surface area contributed by atoms with E-state index in [0.717, 1.165) is 19.4 Å². The van der Waals surface area contributed by atoms with Gasteiger partial charge in [-0.25, -0.2) is 0 Å². The summed E-state index contributed by atoms with van der Waals surface area (Å²) in [5, 5.41) is 3.93. The standard InChI is InChI=1S/C16H21F2N3O3/c1-4-5-8-21(2)10-14-19-15(20-24-14)11-6-7-12(23-16(17)18)13(9-11)22-3/h6-7,9,16H,4-5,8,10H2,1-3H3. The molecular weight excluding hydrogens is 320 g/mol. The Kier molecular flexibility index (Phi) is 6.48. The van der Waals surface area contributed by atoms with Crippen molar-refractivity contribution < 1.29 is 22.8 Å². The molecule has 6 nitrogen and oxygen atoms in total. The molecule has 2 aromatic rings. The van der Waals surface area contributed by atoms with Crippen LogP contribution in [0, 0.1) is 0 Å². The number of halogens is 2. The zero-order chi connectivity index (χ0) is 17.5. The summed E-state index contributed by atoms with van der Waals surface area (Å²) >= 11 is 0. The third-order valence-corrected chi connectivity index (χ3v) is 3.40. The van der Waals surface area contributed by atoms with Crippen LogP contribution in [-0.2, 0) is 6.54 Å². The third-order valence-electron chi connectivity index (χ3n) is 3.40. The molecule has 0 aliphatic rings. The Hall–Kier alpha value is -2.22. The lowest BCUT2D eigenvalue weighted by Gasteiger charge is -2.12. The molecule has 1 heterocycles. The highest BCUT2D eigenvalue weighted by Crippen LogP contribution is 2.32. The first-order valence-electron chi connectivity index (χ1n) is 7.67. The Labute approximate surface area is 139 Å². The molecule has 24 heavy (non-hydrogen) atoms. The van der Waals surface area contributed by atoms with Gasteiger partial charge in [0.25, 0.3) is 0 Å². The molecule has 0 fully saturated rings. The van der Waals surface area contributed by atoms with Gasteiger partial charge in [-0.2, -0.15) is 13.8 Å². The summed E-state index contributed by atoms with van der Waals surface area (Å²) in [6.07, 6.45) is 2.21. The van der Waals surface area contributed by atoms with Crippen molar-refractivity contribution in [2.75, 3.05) is 20.7 Å². The van der Waals surface area contributed by atoms with Crippen LogP contribution in [0.3, 0.4) is 0 Å². The summed E-state index contributed by atoms with van der Waals surface area (Å²) in [5.74, 6) is 1.00. The Bertz CT molecular complexity index is 649. The number of hydrogen-bond donors (Lipinski definition) is 0. The van der Waals surface area contributed by atoms with E-state index >= 15 is 0 Å². The molecule has 0 N–H and O–H groups in total. The molecule has 0 aliphatic carbocycles. The second kappa shape index (κ2) is 8.58. The quantitative estimate of drug-likeness (QED) is 0.695. The lowest BCUT2D eigenvalue weighted by atomic mass is 10.2. The van der Waals surface area contributed by atoms with Crippen molar-refractivity contribution in [1.29, 1.82) is 0 Å². The summed E-state index contributed by atoms with van der Waals surface area (Å²) in [6.45, 7) is 0.714. The molecule has 1 aromatic carbocycles. The molecule has 0 aliphatic heterocycles. The summed E-state index contributed by atoms with van der Waals surface area (Å²) in [7, 11) is 3.36. The number of aromatic nitrogens is 2. The second-order valence-electron chi connectivity index (χ2n) is 5.35. The number of unbranched alkanes of at least 4 members (excludes halogenated alkanes) is 1. The van der Waals surface area contributed by atoms with E-state index in [2.05, 4.69) is 26.7 Å². The first-order valence-corrected chi connectivity index (χ1v) is 7.67. The van der Waals surface area contributed by atoms with Crippen LogP contribution >= 0.6 is 0 Å². The highest BCUT2D eigenvalue weighted by molar-refractivity contribution is 5.60. The third kappa shape index (κ3) is 4.89. The maximum Gasteiger partial charge on any atom is 0.387 e. The average Bonchev–Trinajstić information content (AvgIpc) is 3.01. The van der Waals surface area contributed by atoms with Crippen LogP contribution in [0.2, 0.25) is 0 Å². The predicted octanol–water partition coefficient (Wildman–Crippen LogP) is 3.58. The summed E-state index contributed by atoms with van der Waals surface area (Å²) in [5.41, 5.74) is 0.597. The molecule has 0 amide bonds. The van der Waals surface area contributed by atoms with Gasteiger partial charge in [-0.05, 0) is 38.2 Å². The van der Waals surface area contributed by atoms with E-state index in [1.165, 1.54) is 19.2 Å². The maximum absolute atomic E-state index is 12.4. The highest BCUT2D eigenvalue weighted by Gasteiger charge is 2.15. The first-order chi connectivity index (χ1) is 11.5. The van der Waals surface area contributed by atoms with Gasteiger partial charge in [-0.1, -0.05) is 18.5 Å². The van der Waals surface area contributed by atoms with E-state index < -0.39 is 6.61 Å². The van der Waals surface area contributed by atoms with E-state index in [9.17, 15) is 8.78 Å². The average molecular weight is 341 g/mol. The van der Waals surface area contributed by atoms with Gasteiger partial charge in [0, 0.05) is 5.56 Å². The maximum atomic E-state index is 12.4. The minimum Gasteiger partial charge on any atom is -0.493 e. The van der Waals surface area contributed by atoms with Crippen molar-refractivity contribution in [3.63, 3.8) is 0 Å². The van der Waals surface area contributed by atoms with Crippen LogP contribution in [0.4, 0.5) is 8.78 Å². The zero-order valence-corrected chi connectivity index (χ0v) is 14.0. The van der Waals surface area contributed by atoms with Crippen molar-refractivity contribution in [3.05, 3.63) is 24.1 Å². The lowest BCUT2D eigenvalue weighted by molar-refractivity contribution is -0.0512. The minimum atomic E-state index is -2.92. The number of alkyl halides is 2. The van der Waals surface area contributed by atoms with Gasteiger partial charge in [0.15, 0.2) is 11.5 Å². The fraction of sp³-hybridized carbons (Fsp3) is 0.500. The fourth-order valence-electron chi connectivity index (χ4n) is 2.17. The number of benzene rings is 1. The Morgan fingerprint density at radius 2 is 2.08 bits per heavy atom. The van der Waals surface area contributed by atoms with E-state index in [-0.39, 0.29) is 11.5 Å².